The van der Waals surface area contributed by atoms with Gasteiger partial charge >= 0.3 is 0 Å². The molecule has 1 fully saturated rings. The highest BCUT2D eigenvalue weighted by Crippen LogP contribution is 2.35. The third-order valence-electron chi connectivity index (χ3n) is 4.75. The molecule has 2 unspecified atom stereocenters. The van der Waals surface area contributed by atoms with Crippen LogP contribution < -0.4 is 10.1 Å². The van der Waals surface area contributed by atoms with Crippen LogP contribution >= 0.6 is 0 Å². The number of ether oxygens (including phenoxy) is 1. The molecule has 1 saturated carbocycles. The lowest BCUT2D eigenvalue weighted by Crippen LogP contribution is -2.42. The van der Waals surface area contributed by atoms with E-state index >= 15 is 0 Å². The van der Waals surface area contributed by atoms with Gasteiger partial charge in [-0.15, -0.1) is 0 Å². The molecule has 0 heterocycles. The maximum absolute atomic E-state index is 5.20. The lowest BCUT2D eigenvalue weighted by molar-refractivity contribution is 0.189. The fourth-order valence-electron chi connectivity index (χ4n) is 3.50. The van der Waals surface area contributed by atoms with Crippen LogP contribution in [0, 0.1) is 5.41 Å². The van der Waals surface area contributed by atoms with Crippen molar-refractivity contribution in [3.63, 3.8) is 0 Å². The topological polar surface area (TPSA) is 21.3 Å². The fraction of sp³-hybridized carbons (Fsp3) is 0.684. The van der Waals surface area contributed by atoms with E-state index in [-0.39, 0.29) is 0 Å². The number of rotatable bonds is 6. The zero-order valence-electron chi connectivity index (χ0n) is 14.1. The molecule has 1 aromatic rings. The molecule has 0 spiro atoms. The average Bonchev–Trinajstić information content (AvgIpc) is 2.44. The van der Waals surface area contributed by atoms with Gasteiger partial charge in [0.25, 0.3) is 0 Å². The van der Waals surface area contributed by atoms with Gasteiger partial charge in [-0.1, -0.05) is 32.4 Å². The summed E-state index contributed by atoms with van der Waals surface area (Å²) in [6.07, 6.45) is 7.75. The molecule has 1 N–H and O–H groups in total. The molecule has 0 aliphatic heterocycles. The number of nitrogens with one attached hydrogen (secondary N) is 1. The van der Waals surface area contributed by atoms with Gasteiger partial charge in [-0.05, 0) is 62.1 Å². The molecular formula is C19H31NO. The minimum absolute atomic E-state index is 0.519. The molecule has 2 nitrogen and oxygen atoms in total. The van der Waals surface area contributed by atoms with Gasteiger partial charge in [0, 0.05) is 12.1 Å². The van der Waals surface area contributed by atoms with Gasteiger partial charge in [0.05, 0.1) is 7.11 Å². The first-order valence-corrected chi connectivity index (χ1v) is 8.37. The minimum atomic E-state index is 0.519. The Hall–Kier alpha value is -1.02. The Bertz CT molecular complexity index is 424. The van der Waals surface area contributed by atoms with Gasteiger partial charge in [-0.3, -0.25) is 0 Å². The zero-order valence-corrected chi connectivity index (χ0v) is 14.1. The molecule has 0 aromatic heterocycles. The van der Waals surface area contributed by atoms with Crippen LogP contribution in [-0.2, 0) is 6.42 Å². The standard InChI is InChI=1S/C19H31NO/c1-15(20-17-6-5-13-19(2,3)14-17)7-8-16-9-11-18(21-4)12-10-16/h9-12,15,17,20H,5-8,13-14H2,1-4H3. The molecule has 1 aromatic carbocycles. The summed E-state index contributed by atoms with van der Waals surface area (Å²) in [4.78, 5) is 0. The van der Waals surface area contributed by atoms with Gasteiger partial charge < -0.3 is 10.1 Å². The Balaban J connectivity index is 1.75. The lowest BCUT2D eigenvalue weighted by Gasteiger charge is -2.37. The zero-order chi connectivity index (χ0) is 15.3. The summed E-state index contributed by atoms with van der Waals surface area (Å²) in [5.74, 6) is 0.939. The summed E-state index contributed by atoms with van der Waals surface area (Å²) in [5, 5.41) is 3.84. The summed E-state index contributed by atoms with van der Waals surface area (Å²) in [6.45, 7) is 7.14. The van der Waals surface area contributed by atoms with Gasteiger partial charge in [0.15, 0.2) is 0 Å². The molecule has 2 rings (SSSR count). The summed E-state index contributed by atoms with van der Waals surface area (Å²) >= 11 is 0. The molecule has 0 saturated heterocycles. The first kappa shape index (κ1) is 16.4. The molecule has 1 aliphatic rings. The van der Waals surface area contributed by atoms with Crippen LogP contribution in [-0.4, -0.2) is 19.2 Å². The normalized spacial score (nSPS) is 22.8. The SMILES string of the molecule is COc1ccc(CCC(C)NC2CCCC(C)(C)C2)cc1. The molecule has 21 heavy (non-hydrogen) atoms. The molecule has 2 atom stereocenters. The molecule has 1 aliphatic carbocycles. The Labute approximate surface area is 130 Å². The molecule has 2 heteroatoms. The first-order valence-electron chi connectivity index (χ1n) is 8.37. The van der Waals surface area contributed by atoms with Crippen molar-refractivity contribution in [3.8, 4) is 5.75 Å². The Morgan fingerprint density at radius 1 is 1.29 bits per heavy atom. The van der Waals surface area contributed by atoms with E-state index in [2.05, 4.69) is 50.4 Å². The number of aryl methyl sites for hydroxylation is 1. The van der Waals surface area contributed by atoms with E-state index in [0.717, 1.165) is 12.2 Å². The van der Waals surface area contributed by atoms with Crippen molar-refractivity contribution >= 4 is 0 Å². The molecule has 0 bridgehead atoms. The third-order valence-corrected chi connectivity index (χ3v) is 4.75. The van der Waals surface area contributed by atoms with E-state index in [1.165, 1.54) is 37.7 Å². The number of methoxy groups -OCH3 is 1. The van der Waals surface area contributed by atoms with Crippen LogP contribution in [0.5, 0.6) is 5.75 Å². The van der Waals surface area contributed by atoms with Crippen molar-refractivity contribution < 1.29 is 4.74 Å². The van der Waals surface area contributed by atoms with E-state index < -0.39 is 0 Å². The van der Waals surface area contributed by atoms with E-state index in [1.54, 1.807) is 7.11 Å². The van der Waals surface area contributed by atoms with Crippen LogP contribution in [0.3, 0.4) is 0 Å². The van der Waals surface area contributed by atoms with Crippen molar-refractivity contribution in [3.05, 3.63) is 29.8 Å². The second kappa shape index (κ2) is 7.31. The predicted octanol–water partition coefficient (Wildman–Crippen LogP) is 4.57. The summed E-state index contributed by atoms with van der Waals surface area (Å²) in [7, 11) is 1.71. The second-order valence-corrected chi connectivity index (χ2v) is 7.41. The predicted molar refractivity (Wildman–Crippen MR) is 89.9 cm³/mol. The fourth-order valence-corrected chi connectivity index (χ4v) is 3.50. The molecular weight excluding hydrogens is 258 g/mol. The van der Waals surface area contributed by atoms with Gasteiger partial charge in [0.1, 0.15) is 5.75 Å². The Morgan fingerprint density at radius 2 is 2.00 bits per heavy atom. The smallest absolute Gasteiger partial charge is 0.118 e. The van der Waals surface area contributed by atoms with Crippen LogP contribution in [0.2, 0.25) is 0 Å². The average molecular weight is 289 g/mol. The number of hydrogen-bond acceptors (Lipinski definition) is 2. The minimum Gasteiger partial charge on any atom is -0.497 e. The number of hydrogen-bond donors (Lipinski definition) is 1. The van der Waals surface area contributed by atoms with Crippen LogP contribution in [0.4, 0.5) is 0 Å². The monoisotopic (exact) mass is 289 g/mol. The highest BCUT2D eigenvalue weighted by molar-refractivity contribution is 5.27. The molecule has 0 radical (unpaired) electrons. The highest BCUT2D eigenvalue weighted by atomic mass is 16.5. The van der Waals surface area contributed by atoms with Crippen molar-refractivity contribution in [2.75, 3.05) is 7.11 Å². The first-order chi connectivity index (χ1) is 9.98. The summed E-state index contributed by atoms with van der Waals surface area (Å²) in [5.41, 5.74) is 1.92. The molecule has 118 valence electrons. The van der Waals surface area contributed by atoms with E-state index in [4.69, 9.17) is 4.74 Å². The van der Waals surface area contributed by atoms with Gasteiger partial charge in [-0.2, -0.15) is 0 Å². The quantitative estimate of drug-likeness (QED) is 0.828. The van der Waals surface area contributed by atoms with Crippen molar-refractivity contribution in [1.29, 1.82) is 0 Å². The van der Waals surface area contributed by atoms with Crippen LogP contribution in [0.25, 0.3) is 0 Å². The van der Waals surface area contributed by atoms with E-state index in [9.17, 15) is 0 Å². The van der Waals surface area contributed by atoms with E-state index in [0.29, 0.717) is 17.5 Å². The molecule has 0 amide bonds. The summed E-state index contributed by atoms with van der Waals surface area (Å²) in [6, 6.07) is 9.75. The Kier molecular flexibility index (Phi) is 5.69. The van der Waals surface area contributed by atoms with Gasteiger partial charge in [0.2, 0.25) is 0 Å². The largest absolute Gasteiger partial charge is 0.497 e. The van der Waals surface area contributed by atoms with Crippen molar-refractivity contribution in [2.24, 2.45) is 5.41 Å². The van der Waals surface area contributed by atoms with E-state index in [1.807, 2.05) is 0 Å². The highest BCUT2D eigenvalue weighted by Gasteiger charge is 2.28. The maximum atomic E-state index is 5.20. The second-order valence-electron chi connectivity index (χ2n) is 7.41. The lowest BCUT2D eigenvalue weighted by atomic mass is 9.75. The maximum Gasteiger partial charge on any atom is 0.118 e. The van der Waals surface area contributed by atoms with Crippen molar-refractivity contribution in [2.45, 2.75) is 71.4 Å². The summed E-state index contributed by atoms with van der Waals surface area (Å²) < 4.78 is 5.20. The Morgan fingerprint density at radius 3 is 2.62 bits per heavy atom. The number of benzene rings is 1. The van der Waals surface area contributed by atoms with Crippen molar-refractivity contribution in [1.82, 2.24) is 5.32 Å². The van der Waals surface area contributed by atoms with Crippen LogP contribution in [0.1, 0.15) is 58.4 Å². The van der Waals surface area contributed by atoms with Gasteiger partial charge in [-0.25, -0.2) is 0 Å². The van der Waals surface area contributed by atoms with Crippen LogP contribution in [0.15, 0.2) is 24.3 Å². The third kappa shape index (κ3) is 5.35.